The third-order valence-electron chi connectivity index (χ3n) is 2.22. The number of hydrogen-bond acceptors (Lipinski definition) is 5. The number of likely N-dealkylation sites (N-methyl/N-ethyl adjacent to an activating group) is 1. The van der Waals surface area contributed by atoms with Crippen molar-refractivity contribution >= 4 is 5.69 Å². The van der Waals surface area contributed by atoms with Gasteiger partial charge in [-0.1, -0.05) is 6.58 Å². The first kappa shape index (κ1) is 14.0. The van der Waals surface area contributed by atoms with E-state index in [1.807, 2.05) is 7.05 Å². The molecule has 0 aliphatic rings. The zero-order valence-corrected chi connectivity index (χ0v) is 10.4. The van der Waals surface area contributed by atoms with E-state index in [4.69, 9.17) is 9.47 Å². The van der Waals surface area contributed by atoms with E-state index >= 15 is 0 Å². The highest BCUT2D eigenvalue weighted by Gasteiger charge is 2.15. The number of benzene rings is 1. The highest BCUT2D eigenvalue weighted by molar-refractivity contribution is 5.50. The molecule has 18 heavy (non-hydrogen) atoms. The Bertz CT molecular complexity index is 446. The maximum atomic E-state index is 10.8. The van der Waals surface area contributed by atoms with E-state index < -0.39 is 4.92 Å². The molecule has 1 aromatic rings. The summed E-state index contributed by atoms with van der Waals surface area (Å²) in [4.78, 5) is 10.3. The van der Waals surface area contributed by atoms with Gasteiger partial charge in [0.05, 0.1) is 18.1 Å². The van der Waals surface area contributed by atoms with Gasteiger partial charge in [-0.05, 0) is 24.8 Å². The fourth-order valence-corrected chi connectivity index (χ4v) is 1.39. The molecule has 1 aromatic carbocycles. The summed E-state index contributed by atoms with van der Waals surface area (Å²) in [6.07, 6.45) is 0. The van der Waals surface area contributed by atoms with E-state index in [1.165, 1.54) is 19.2 Å². The fraction of sp³-hybridized carbons (Fsp3) is 0.333. The summed E-state index contributed by atoms with van der Waals surface area (Å²) in [5, 5.41) is 13.8. The van der Waals surface area contributed by atoms with E-state index in [2.05, 4.69) is 11.9 Å². The molecule has 6 heteroatoms. The minimum atomic E-state index is -0.506. The van der Waals surface area contributed by atoms with Crippen molar-refractivity contribution in [1.82, 2.24) is 5.32 Å². The Balaban J connectivity index is 2.76. The van der Waals surface area contributed by atoms with Gasteiger partial charge in [0.15, 0.2) is 5.75 Å². The van der Waals surface area contributed by atoms with Crippen LogP contribution in [0, 0.1) is 10.1 Å². The Hall–Kier alpha value is -2.08. The molecule has 0 saturated heterocycles. The first-order chi connectivity index (χ1) is 8.58. The molecule has 0 aliphatic heterocycles. The standard InChI is InChI=1S/C12H16N2O4/c1-9(7-13-2)8-18-10-4-5-12(17-3)11(6-10)14(15)16/h4-6,13H,1,7-8H2,2-3H3. The van der Waals surface area contributed by atoms with Gasteiger partial charge in [0.25, 0.3) is 0 Å². The van der Waals surface area contributed by atoms with Crippen molar-refractivity contribution in [3.63, 3.8) is 0 Å². The smallest absolute Gasteiger partial charge is 0.314 e. The van der Waals surface area contributed by atoms with Crippen LogP contribution in [0.5, 0.6) is 11.5 Å². The van der Waals surface area contributed by atoms with Crippen molar-refractivity contribution in [2.24, 2.45) is 0 Å². The topological polar surface area (TPSA) is 73.6 Å². The SMILES string of the molecule is C=C(CNC)COc1ccc(OC)c([N+](=O)[O-])c1. The summed E-state index contributed by atoms with van der Waals surface area (Å²) in [6.45, 7) is 4.75. The second kappa shape index (κ2) is 6.61. The molecule has 0 aliphatic carbocycles. The maximum absolute atomic E-state index is 10.8. The number of nitro groups is 1. The summed E-state index contributed by atoms with van der Waals surface area (Å²) >= 11 is 0. The average Bonchev–Trinajstić information content (AvgIpc) is 2.36. The van der Waals surface area contributed by atoms with Crippen LogP contribution in [0.1, 0.15) is 0 Å². The largest absolute Gasteiger partial charge is 0.490 e. The molecule has 98 valence electrons. The highest BCUT2D eigenvalue weighted by Crippen LogP contribution is 2.30. The lowest BCUT2D eigenvalue weighted by atomic mass is 10.2. The summed E-state index contributed by atoms with van der Waals surface area (Å²) < 4.78 is 10.3. The zero-order chi connectivity index (χ0) is 13.5. The molecule has 0 bridgehead atoms. The van der Waals surface area contributed by atoms with Crippen LogP contribution in [0.4, 0.5) is 5.69 Å². The van der Waals surface area contributed by atoms with Crippen LogP contribution < -0.4 is 14.8 Å². The zero-order valence-electron chi connectivity index (χ0n) is 10.4. The molecule has 0 radical (unpaired) electrons. The van der Waals surface area contributed by atoms with E-state index in [0.717, 1.165) is 5.57 Å². The normalized spacial score (nSPS) is 9.89. The monoisotopic (exact) mass is 252 g/mol. The Morgan fingerprint density at radius 3 is 2.83 bits per heavy atom. The minimum Gasteiger partial charge on any atom is -0.490 e. The molecule has 0 spiro atoms. The lowest BCUT2D eigenvalue weighted by molar-refractivity contribution is -0.385. The van der Waals surface area contributed by atoms with Gasteiger partial charge in [-0.15, -0.1) is 0 Å². The molecular formula is C12H16N2O4. The molecule has 1 N–H and O–H groups in total. The van der Waals surface area contributed by atoms with Gasteiger partial charge in [-0.25, -0.2) is 0 Å². The van der Waals surface area contributed by atoms with Gasteiger partial charge in [-0.2, -0.15) is 0 Å². The maximum Gasteiger partial charge on any atom is 0.314 e. The van der Waals surface area contributed by atoms with Crippen molar-refractivity contribution in [1.29, 1.82) is 0 Å². The molecule has 0 unspecified atom stereocenters. The van der Waals surface area contributed by atoms with E-state index in [0.29, 0.717) is 18.9 Å². The molecule has 6 nitrogen and oxygen atoms in total. The van der Waals surface area contributed by atoms with Gasteiger partial charge in [-0.3, -0.25) is 10.1 Å². The van der Waals surface area contributed by atoms with Gasteiger partial charge >= 0.3 is 5.69 Å². The number of rotatable bonds is 7. The number of hydrogen-bond donors (Lipinski definition) is 1. The van der Waals surface area contributed by atoms with Crippen molar-refractivity contribution in [2.75, 3.05) is 27.3 Å². The molecule has 0 heterocycles. The number of ether oxygens (including phenoxy) is 2. The summed E-state index contributed by atoms with van der Waals surface area (Å²) in [5.41, 5.74) is 0.741. The van der Waals surface area contributed by atoms with Crippen molar-refractivity contribution in [2.45, 2.75) is 0 Å². The molecule has 0 amide bonds. The van der Waals surface area contributed by atoms with Crippen LogP contribution in [-0.4, -0.2) is 32.2 Å². The van der Waals surface area contributed by atoms with Gasteiger partial charge in [0, 0.05) is 6.54 Å². The number of methoxy groups -OCH3 is 1. The predicted molar refractivity (Wildman–Crippen MR) is 68.2 cm³/mol. The van der Waals surface area contributed by atoms with Crippen LogP contribution in [0.2, 0.25) is 0 Å². The Morgan fingerprint density at radius 1 is 1.56 bits per heavy atom. The summed E-state index contributed by atoms with van der Waals surface area (Å²) in [7, 11) is 3.20. The fourth-order valence-electron chi connectivity index (χ4n) is 1.39. The molecule has 0 aromatic heterocycles. The van der Waals surface area contributed by atoms with Crippen molar-refractivity contribution in [3.05, 3.63) is 40.5 Å². The van der Waals surface area contributed by atoms with Gasteiger partial charge in [0.2, 0.25) is 0 Å². The molecule has 1 rings (SSSR count). The summed E-state index contributed by atoms with van der Waals surface area (Å²) in [6, 6.07) is 4.47. The van der Waals surface area contributed by atoms with Crippen LogP contribution in [0.15, 0.2) is 30.4 Å². The minimum absolute atomic E-state index is 0.116. The van der Waals surface area contributed by atoms with Gasteiger partial charge in [0.1, 0.15) is 12.4 Å². The molecule has 0 fully saturated rings. The Kier molecular flexibility index (Phi) is 5.13. The van der Waals surface area contributed by atoms with E-state index in [1.54, 1.807) is 6.07 Å². The molecular weight excluding hydrogens is 236 g/mol. The quantitative estimate of drug-likeness (QED) is 0.454. The van der Waals surface area contributed by atoms with Crippen LogP contribution in [0.3, 0.4) is 0 Å². The van der Waals surface area contributed by atoms with Crippen molar-refractivity contribution < 1.29 is 14.4 Å². The third-order valence-corrected chi connectivity index (χ3v) is 2.22. The predicted octanol–water partition coefficient (Wildman–Crippen LogP) is 1.76. The second-order valence-electron chi connectivity index (χ2n) is 3.66. The Morgan fingerprint density at radius 2 is 2.28 bits per heavy atom. The third kappa shape index (κ3) is 3.74. The Labute approximate surface area is 105 Å². The lowest BCUT2D eigenvalue weighted by Gasteiger charge is -2.09. The molecule has 0 atom stereocenters. The van der Waals surface area contributed by atoms with E-state index in [9.17, 15) is 10.1 Å². The van der Waals surface area contributed by atoms with Crippen LogP contribution in [-0.2, 0) is 0 Å². The lowest BCUT2D eigenvalue weighted by Crippen LogP contribution is -2.14. The van der Waals surface area contributed by atoms with E-state index in [-0.39, 0.29) is 11.4 Å². The van der Waals surface area contributed by atoms with Gasteiger partial charge < -0.3 is 14.8 Å². The van der Waals surface area contributed by atoms with Crippen LogP contribution in [0.25, 0.3) is 0 Å². The first-order valence-corrected chi connectivity index (χ1v) is 5.35. The average molecular weight is 252 g/mol. The first-order valence-electron chi connectivity index (χ1n) is 5.35. The second-order valence-corrected chi connectivity index (χ2v) is 3.66. The van der Waals surface area contributed by atoms with Crippen LogP contribution >= 0.6 is 0 Å². The van der Waals surface area contributed by atoms with Crippen molar-refractivity contribution in [3.8, 4) is 11.5 Å². The summed E-state index contributed by atoms with van der Waals surface area (Å²) in [5.74, 6) is 0.626. The highest BCUT2D eigenvalue weighted by atomic mass is 16.6. The number of nitrogens with zero attached hydrogens (tertiary/aromatic N) is 1. The number of nitro benzene ring substituents is 1. The number of nitrogens with one attached hydrogen (secondary N) is 1. The molecule has 0 saturated carbocycles.